The lowest BCUT2D eigenvalue weighted by atomic mass is 10.1. The van der Waals surface area contributed by atoms with E-state index in [1.807, 2.05) is 0 Å². The number of hydrogen-bond acceptors (Lipinski definition) is 2. The quantitative estimate of drug-likeness (QED) is 0.329. The summed E-state index contributed by atoms with van der Waals surface area (Å²) in [6, 6.07) is 0. The van der Waals surface area contributed by atoms with E-state index in [-0.39, 0.29) is 6.10 Å². The molecule has 1 heterocycles. The largest absolute Gasteiger partial charge is 0.378 e. The van der Waals surface area contributed by atoms with Crippen LogP contribution in [0.3, 0.4) is 0 Å². The molecule has 1 aliphatic heterocycles. The Bertz CT molecular complexity index is 136. The molecule has 0 aliphatic carbocycles. The number of nitrogens with zero attached hydrogens (tertiary/aromatic N) is 3. The van der Waals surface area contributed by atoms with Gasteiger partial charge in [-0.2, -0.15) is 0 Å². The number of azide groups is 1. The Labute approximate surface area is 59.8 Å². The SMILES string of the molecule is [N-]=[N+]=NCC1CCCCO1. The van der Waals surface area contributed by atoms with E-state index in [0.29, 0.717) is 6.54 Å². The van der Waals surface area contributed by atoms with E-state index < -0.39 is 0 Å². The Kier molecular flexibility index (Phi) is 3.06. The van der Waals surface area contributed by atoms with E-state index in [0.717, 1.165) is 19.4 Å². The van der Waals surface area contributed by atoms with Crippen molar-refractivity contribution in [3.05, 3.63) is 10.4 Å². The summed E-state index contributed by atoms with van der Waals surface area (Å²) in [6.07, 6.45) is 3.57. The number of ether oxygens (including phenoxy) is 1. The second kappa shape index (κ2) is 4.14. The normalized spacial score (nSPS) is 25.4. The van der Waals surface area contributed by atoms with Gasteiger partial charge in [0, 0.05) is 11.5 Å². The minimum Gasteiger partial charge on any atom is -0.378 e. The summed E-state index contributed by atoms with van der Waals surface area (Å²) >= 11 is 0. The summed E-state index contributed by atoms with van der Waals surface area (Å²) < 4.78 is 5.32. The van der Waals surface area contributed by atoms with Crippen LogP contribution in [0.15, 0.2) is 5.11 Å². The van der Waals surface area contributed by atoms with Crippen LogP contribution in [0.2, 0.25) is 0 Å². The topological polar surface area (TPSA) is 58.0 Å². The lowest BCUT2D eigenvalue weighted by Gasteiger charge is -2.20. The fraction of sp³-hybridized carbons (Fsp3) is 1.00. The smallest absolute Gasteiger partial charge is 0.0631 e. The van der Waals surface area contributed by atoms with Gasteiger partial charge in [0.15, 0.2) is 0 Å². The molecule has 1 fully saturated rings. The van der Waals surface area contributed by atoms with Gasteiger partial charge in [-0.25, -0.2) is 0 Å². The van der Waals surface area contributed by atoms with Crippen molar-refractivity contribution in [2.45, 2.75) is 25.4 Å². The van der Waals surface area contributed by atoms with Crippen LogP contribution < -0.4 is 0 Å². The second-order valence-electron chi connectivity index (χ2n) is 2.40. The molecule has 0 spiro atoms. The summed E-state index contributed by atoms with van der Waals surface area (Å²) in [5, 5.41) is 3.45. The van der Waals surface area contributed by atoms with Gasteiger partial charge in [0.2, 0.25) is 0 Å². The molecule has 0 N–H and O–H groups in total. The molecule has 1 saturated heterocycles. The molecule has 4 nitrogen and oxygen atoms in total. The minimum atomic E-state index is 0.185. The van der Waals surface area contributed by atoms with Crippen molar-refractivity contribution in [1.82, 2.24) is 0 Å². The van der Waals surface area contributed by atoms with Crippen molar-refractivity contribution in [1.29, 1.82) is 0 Å². The predicted octanol–water partition coefficient (Wildman–Crippen LogP) is 1.87. The molecule has 56 valence electrons. The zero-order valence-corrected chi connectivity index (χ0v) is 5.86. The molecule has 4 heteroatoms. The van der Waals surface area contributed by atoms with Crippen molar-refractivity contribution in [2.75, 3.05) is 13.2 Å². The molecule has 0 bridgehead atoms. The van der Waals surface area contributed by atoms with Crippen LogP contribution in [0.5, 0.6) is 0 Å². The van der Waals surface area contributed by atoms with E-state index >= 15 is 0 Å². The van der Waals surface area contributed by atoms with Crippen LogP contribution in [0.1, 0.15) is 19.3 Å². The fourth-order valence-electron chi connectivity index (χ4n) is 1.08. The van der Waals surface area contributed by atoms with E-state index in [1.54, 1.807) is 0 Å². The molecule has 0 aromatic heterocycles. The Morgan fingerprint density at radius 3 is 3.10 bits per heavy atom. The monoisotopic (exact) mass is 141 g/mol. The first-order valence-corrected chi connectivity index (χ1v) is 3.56. The highest BCUT2D eigenvalue weighted by Crippen LogP contribution is 2.12. The zero-order chi connectivity index (χ0) is 7.23. The maximum absolute atomic E-state index is 8.00. The molecule has 0 amide bonds. The van der Waals surface area contributed by atoms with Crippen molar-refractivity contribution in [2.24, 2.45) is 5.11 Å². The maximum Gasteiger partial charge on any atom is 0.0631 e. The molecule has 0 aromatic rings. The van der Waals surface area contributed by atoms with Gasteiger partial charge in [-0.3, -0.25) is 0 Å². The van der Waals surface area contributed by atoms with Gasteiger partial charge in [-0.1, -0.05) is 5.11 Å². The first-order chi connectivity index (χ1) is 4.93. The van der Waals surface area contributed by atoms with Crippen LogP contribution >= 0.6 is 0 Å². The summed E-state index contributed by atoms with van der Waals surface area (Å²) in [4.78, 5) is 2.67. The standard InChI is InChI=1S/C6H11N3O/c7-9-8-5-6-3-1-2-4-10-6/h6H,1-5H2. The summed E-state index contributed by atoms with van der Waals surface area (Å²) in [5.74, 6) is 0. The van der Waals surface area contributed by atoms with E-state index in [1.165, 1.54) is 6.42 Å². The molecular formula is C6H11N3O. The van der Waals surface area contributed by atoms with Crippen LogP contribution in [-0.2, 0) is 4.74 Å². The third-order valence-electron chi connectivity index (χ3n) is 1.62. The van der Waals surface area contributed by atoms with Crippen molar-refractivity contribution < 1.29 is 4.74 Å². The fourth-order valence-corrected chi connectivity index (χ4v) is 1.08. The van der Waals surface area contributed by atoms with Crippen molar-refractivity contribution in [3.8, 4) is 0 Å². The van der Waals surface area contributed by atoms with Crippen LogP contribution in [0.4, 0.5) is 0 Å². The van der Waals surface area contributed by atoms with E-state index in [9.17, 15) is 0 Å². The third kappa shape index (κ3) is 2.25. The number of rotatable bonds is 2. The highest BCUT2D eigenvalue weighted by atomic mass is 16.5. The highest BCUT2D eigenvalue weighted by molar-refractivity contribution is 4.65. The van der Waals surface area contributed by atoms with Crippen LogP contribution in [-0.4, -0.2) is 19.3 Å². The van der Waals surface area contributed by atoms with Gasteiger partial charge in [0.05, 0.1) is 12.6 Å². The minimum absolute atomic E-state index is 0.185. The summed E-state index contributed by atoms with van der Waals surface area (Å²) in [5.41, 5.74) is 8.00. The molecule has 1 atom stereocenters. The summed E-state index contributed by atoms with van der Waals surface area (Å²) in [6.45, 7) is 1.32. The Morgan fingerprint density at radius 2 is 2.50 bits per heavy atom. The highest BCUT2D eigenvalue weighted by Gasteiger charge is 2.11. The lowest BCUT2D eigenvalue weighted by molar-refractivity contribution is 0.0222. The van der Waals surface area contributed by atoms with Gasteiger partial charge in [-0.15, -0.1) is 0 Å². The molecule has 0 radical (unpaired) electrons. The van der Waals surface area contributed by atoms with Crippen molar-refractivity contribution >= 4 is 0 Å². The molecular weight excluding hydrogens is 130 g/mol. The molecule has 0 aromatic carbocycles. The molecule has 0 saturated carbocycles. The van der Waals surface area contributed by atoms with Crippen LogP contribution in [0, 0.1) is 0 Å². The van der Waals surface area contributed by atoms with Crippen LogP contribution in [0.25, 0.3) is 10.4 Å². The van der Waals surface area contributed by atoms with E-state index in [2.05, 4.69) is 10.0 Å². The maximum atomic E-state index is 8.00. The average Bonchev–Trinajstić information content (AvgIpc) is 2.03. The molecule has 1 aliphatic rings. The first-order valence-electron chi connectivity index (χ1n) is 3.56. The Balaban J connectivity index is 2.19. The predicted molar refractivity (Wildman–Crippen MR) is 37.6 cm³/mol. The van der Waals surface area contributed by atoms with Gasteiger partial charge in [-0.05, 0) is 24.8 Å². The van der Waals surface area contributed by atoms with Crippen molar-refractivity contribution in [3.63, 3.8) is 0 Å². The third-order valence-corrected chi connectivity index (χ3v) is 1.62. The molecule has 10 heavy (non-hydrogen) atoms. The van der Waals surface area contributed by atoms with Gasteiger partial charge < -0.3 is 4.74 Å². The molecule has 1 unspecified atom stereocenters. The second-order valence-corrected chi connectivity index (χ2v) is 2.40. The Morgan fingerprint density at radius 1 is 1.60 bits per heavy atom. The Hall–Kier alpha value is -0.730. The van der Waals surface area contributed by atoms with Gasteiger partial charge in [0.1, 0.15) is 0 Å². The van der Waals surface area contributed by atoms with Gasteiger partial charge in [0.25, 0.3) is 0 Å². The average molecular weight is 141 g/mol. The van der Waals surface area contributed by atoms with E-state index in [4.69, 9.17) is 10.3 Å². The summed E-state index contributed by atoms with van der Waals surface area (Å²) in [7, 11) is 0. The molecule has 1 rings (SSSR count). The van der Waals surface area contributed by atoms with Gasteiger partial charge >= 0.3 is 0 Å². The zero-order valence-electron chi connectivity index (χ0n) is 5.86. The number of hydrogen-bond donors (Lipinski definition) is 0. The lowest BCUT2D eigenvalue weighted by Crippen LogP contribution is -2.21. The first kappa shape index (κ1) is 7.38.